The molecule has 0 fully saturated rings. The van der Waals surface area contributed by atoms with Gasteiger partial charge in [0.15, 0.2) is 11.6 Å². The van der Waals surface area contributed by atoms with Crippen molar-refractivity contribution in [2.75, 3.05) is 0 Å². The van der Waals surface area contributed by atoms with Crippen molar-refractivity contribution in [2.45, 2.75) is 19.8 Å². The molecular formula is C18H17FO. The zero-order valence-electron chi connectivity index (χ0n) is 11.5. The van der Waals surface area contributed by atoms with E-state index in [9.17, 15) is 9.18 Å². The molecule has 2 aromatic carbocycles. The van der Waals surface area contributed by atoms with Gasteiger partial charge in [0.25, 0.3) is 0 Å². The number of halogens is 1. The van der Waals surface area contributed by atoms with Gasteiger partial charge in [-0.05, 0) is 30.0 Å². The molecule has 0 saturated heterocycles. The first-order chi connectivity index (χ1) is 9.68. The minimum absolute atomic E-state index is 0.194. The van der Waals surface area contributed by atoms with Crippen LogP contribution in [-0.2, 0) is 11.2 Å². The third-order valence-electron chi connectivity index (χ3n) is 3.26. The number of hydrogen-bond donors (Lipinski definition) is 0. The fourth-order valence-corrected chi connectivity index (χ4v) is 2.04. The van der Waals surface area contributed by atoms with Gasteiger partial charge in [-0.1, -0.05) is 60.7 Å². The van der Waals surface area contributed by atoms with Crippen molar-refractivity contribution in [1.29, 1.82) is 0 Å². The highest BCUT2D eigenvalue weighted by atomic mass is 19.1. The smallest absolute Gasteiger partial charge is 0.191 e. The number of carbonyl (C=O) groups is 1. The van der Waals surface area contributed by atoms with Crippen LogP contribution in [0.1, 0.15) is 24.5 Å². The molecule has 0 unspecified atom stereocenters. The van der Waals surface area contributed by atoms with E-state index < -0.39 is 11.6 Å². The number of Topliss-reactive ketones (excluding diaryl/α,β-unsaturated/α-hetero) is 1. The number of hydrogen-bond acceptors (Lipinski definition) is 1. The van der Waals surface area contributed by atoms with E-state index >= 15 is 0 Å². The lowest BCUT2D eigenvalue weighted by Crippen LogP contribution is -2.02. The predicted octanol–water partition coefficient (Wildman–Crippen LogP) is 4.59. The second-order valence-electron chi connectivity index (χ2n) is 4.71. The summed E-state index contributed by atoms with van der Waals surface area (Å²) in [5.41, 5.74) is 2.20. The Bertz CT molecular complexity index is 600. The van der Waals surface area contributed by atoms with Crippen LogP contribution in [0.2, 0.25) is 0 Å². The number of ketones is 1. The fourth-order valence-electron chi connectivity index (χ4n) is 2.04. The molecule has 0 aromatic heterocycles. The Morgan fingerprint density at radius 2 is 1.50 bits per heavy atom. The lowest BCUT2D eigenvalue weighted by molar-refractivity contribution is -0.116. The number of benzene rings is 2. The highest BCUT2D eigenvalue weighted by Gasteiger charge is 2.13. The first kappa shape index (κ1) is 14.2. The minimum Gasteiger partial charge on any atom is -0.292 e. The lowest BCUT2D eigenvalue weighted by Gasteiger charge is -2.05. The molecule has 102 valence electrons. The molecule has 0 bridgehead atoms. The molecular weight excluding hydrogens is 251 g/mol. The fraction of sp³-hybridized carbons (Fsp3) is 0.167. The first-order valence-corrected chi connectivity index (χ1v) is 6.67. The average molecular weight is 268 g/mol. The maximum Gasteiger partial charge on any atom is 0.191 e. The molecule has 0 radical (unpaired) electrons. The van der Waals surface area contributed by atoms with E-state index in [0.717, 1.165) is 11.1 Å². The van der Waals surface area contributed by atoms with Gasteiger partial charge < -0.3 is 0 Å². The summed E-state index contributed by atoms with van der Waals surface area (Å²) in [6.45, 7) is 1.64. The third kappa shape index (κ3) is 3.64. The second-order valence-corrected chi connectivity index (χ2v) is 4.71. The monoisotopic (exact) mass is 268 g/mol. The van der Waals surface area contributed by atoms with Crippen LogP contribution in [0, 0.1) is 0 Å². The number of aryl methyl sites for hydroxylation is 1. The Morgan fingerprint density at radius 1 is 0.950 bits per heavy atom. The highest BCUT2D eigenvalue weighted by molar-refractivity contribution is 6.00. The van der Waals surface area contributed by atoms with Crippen molar-refractivity contribution >= 4 is 11.4 Å². The van der Waals surface area contributed by atoms with Gasteiger partial charge in [0, 0.05) is 6.42 Å². The number of allylic oxidation sites excluding steroid dienone is 2. The summed E-state index contributed by atoms with van der Waals surface area (Å²) >= 11 is 0. The van der Waals surface area contributed by atoms with Gasteiger partial charge in [-0.15, -0.1) is 0 Å². The van der Waals surface area contributed by atoms with E-state index in [1.807, 2.05) is 48.5 Å². The van der Waals surface area contributed by atoms with Crippen LogP contribution in [0.5, 0.6) is 0 Å². The molecule has 0 heterocycles. The molecule has 0 amide bonds. The summed E-state index contributed by atoms with van der Waals surface area (Å²) in [5.74, 6) is -1.07. The van der Waals surface area contributed by atoms with Gasteiger partial charge in [0.1, 0.15) is 0 Å². The van der Waals surface area contributed by atoms with Gasteiger partial charge in [-0.2, -0.15) is 0 Å². The summed E-state index contributed by atoms with van der Waals surface area (Å²) in [6.07, 6.45) is 0.759. The molecule has 0 aliphatic heterocycles. The van der Waals surface area contributed by atoms with Gasteiger partial charge in [0.2, 0.25) is 0 Å². The maximum atomic E-state index is 14.1. The summed E-state index contributed by atoms with van der Waals surface area (Å²) in [4.78, 5) is 11.9. The molecule has 0 aliphatic carbocycles. The number of rotatable bonds is 5. The molecule has 1 nitrogen and oxygen atoms in total. The van der Waals surface area contributed by atoms with E-state index in [2.05, 4.69) is 0 Å². The summed E-state index contributed by atoms with van der Waals surface area (Å²) in [5, 5.41) is 0. The molecule has 0 saturated carbocycles. The largest absolute Gasteiger partial charge is 0.292 e. The molecule has 2 aromatic rings. The Morgan fingerprint density at radius 3 is 2.10 bits per heavy atom. The average Bonchev–Trinajstić information content (AvgIpc) is 2.53. The molecule has 0 atom stereocenters. The summed E-state index contributed by atoms with van der Waals surface area (Å²) in [7, 11) is 0. The Hall–Kier alpha value is -2.22. The second kappa shape index (κ2) is 6.80. The van der Waals surface area contributed by atoms with Gasteiger partial charge in [0.05, 0.1) is 0 Å². The van der Waals surface area contributed by atoms with Crippen LogP contribution in [0.25, 0.3) is 5.57 Å². The Labute approximate surface area is 118 Å². The summed E-state index contributed by atoms with van der Waals surface area (Å²) in [6, 6.07) is 18.8. The molecule has 0 spiro atoms. The van der Waals surface area contributed by atoms with E-state index in [0.29, 0.717) is 12.0 Å². The topological polar surface area (TPSA) is 17.1 Å². The Kier molecular flexibility index (Phi) is 4.83. The zero-order chi connectivity index (χ0) is 14.4. The van der Waals surface area contributed by atoms with Crippen molar-refractivity contribution < 1.29 is 9.18 Å². The van der Waals surface area contributed by atoms with Crippen LogP contribution in [-0.4, -0.2) is 5.78 Å². The zero-order valence-corrected chi connectivity index (χ0v) is 11.5. The van der Waals surface area contributed by atoms with Crippen LogP contribution >= 0.6 is 0 Å². The van der Waals surface area contributed by atoms with E-state index in [1.165, 1.54) is 0 Å². The van der Waals surface area contributed by atoms with E-state index in [-0.39, 0.29) is 6.42 Å². The molecule has 2 rings (SSSR count). The van der Waals surface area contributed by atoms with Crippen molar-refractivity contribution in [3.8, 4) is 0 Å². The van der Waals surface area contributed by atoms with E-state index in [4.69, 9.17) is 0 Å². The third-order valence-corrected chi connectivity index (χ3v) is 3.26. The predicted molar refractivity (Wildman–Crippen MR) is 79.9 cm³/mol. The van der Waals surface area contributed by atoms with Gasteiger partial charge in [-0.3, -0.25) is 4.79 Å². The van der Waals surface area contributed by atoms with Crippen molar-refractivity contribution in [3.05, 3.63) is 77.6 Å². The normalized spacial score (nSPS) is 11.9. The van der Waals surface area contributed by atoms with Crippen molar-refractivity contribution in [3.63, 3.8) is 0 Å². The van der Waals surface area contributed by atoms with Crippen LogP contribution in [0.15, 0.2) is 66.5 Å². The van der Waals surface area contributed by atoms with Crippen LogP contribution in [0.4, 0.5) is 4.39 Å². The standard InChI is InChI=1S/C18H17FO/c1-14(16-10-6-3-7-11-16)18(19)17(20)13-12-15-8-4-2-5-9-15/h2-11H,12-13H2,1H3. The van der Waals surface area contributed by atoms with E-state index in [1.54, 1.807) is 19.1 Å². The first-order valence-electron chi connectivity index (χ1n) is 6.67. The molecule has 0 aliphatic rings. The molecule has 2 heteroatoms. The molecule has 20 heavy (non-hydrogen) atoms. The van der Waals surface area contributed by atoms with Gasteiger partial charge in [-0.25, -0.2) is 4.39 Å². The summed E-state index contributed by atoms with van der Waals surface area (Å²) < 4.78 is 14.1. The molecule has 0 N–H and O–H groups in total. The van der Waals surface area contributed by atoms with Crippen molar-refractivity contribution in [1.82, 2.24) is 0 Å². The minimum atomic E-state index is -0.632. The van der Waals surface area contributed by atoms with Crippen LogP contribution in [0.3, 0.4) is 0 Å². The van der Waals surface area contributed by atoms with Crippen molar-refractivity contribution in [2.24, 2.45) is 0 Å². The lowest BCUT2D eigenvalue weighted by atomic mass is 10.0. The number of carbonyl (C=O) groups excluding carboxylic acids is 1. The Balaban J connectivity index is 2.05. The van der Waals surface area contributed by atoms with Gasteiger partial charge >= 0.3 is 0 Å². The highest BCUT2D eigenvalue weighted by Crippen LogP contribution is 2.21. The SMILES string of the molecule is CC(=C(F)C(=O)CCc1ccccc1)c1ccccc1. The van der Waals surface area contributed by atoms with Crippen LogP contribution < -0.4 is 0 Å². The quantitative estimate of drug-likeness (QED) is 0.725. The maximum absolute atomic E-state index is 14.1.